The Hall–Kier alpha value is -0.0400. The second-order valence-corrected chi connectivity index (χ2v) is 4.31. The Morgan fingerprint density at radius 2 is 1.80 bits per heavy atom. The van der Waals surface area contributed by atoms with E-state index in [-0.39, 0.29) is 0 Å². The molecule has 0 aromatic carbocycles. The highest BCUT2D eigenvalue weighted by molar-refractivity contribution is 4.70. The fraction of sp³-hybridized carbons (Fsp3) is 1.00. The molecule has 0 aliphatic carbocycles. The summed E-state index contributed by atoms with van der Waals surface area (Å²) in [6, 6.07) is 0.407. The summed E-state index contributed by atoms with van der Waals surface area (Å²) in [5.74, 6) is 0. The van der Waals surface area contributed by atoms with Crippen molar-refractivity contribution < 1.29 is 0 Å². The summed E-state index contributed by atoms with van der Waals surface area (Å²) in [5, 5.41) is 0. The molecule has 0 aromatic rings. The molecule has 0 rings (SSSR count). The topological polar surface area (TPSA) is 26.0 Å². The molecule has 0 aliphatic rings. The van der Waals surface area contributed by atoms with Gasteiger partial charge >= 0.3 is 0 Å². The SMILES string of the molecule is CCCC(N)CC(C)(C)C. The van der Waals surface area contributed by atoms with Crippen molar-refractivity contribution in [2.24, 2.45) is 11.1 Å². The van der Waals surface area contributed by atoms with Gasteiger partial charge in [0.05, 0.1) is 0 Å². The van der Waals surface area contributed by atoms with E-state index in [1.165, 1.54) is 6.42 Å². The predicted octanol–water partition coefficient (Wildman–Crippen LogP) is 2.55. The fourth-order valence-electron chi connectivity index (χ4n) is 1.26. The van der Waals surface area contributed by atoms with E-state index in [0.29, 0.717) is 11.5 Å². The Bertz CT molecular complexity index is 81.2. The summed E-state index contributed by atoms with van der Waals surface area (Å²) in [7, 11) is 0. The summed E-state index contributed by atoms with van der Waals surface area (Å²) in [6.07, 6.45) is 3.51. The molecule has 0 saturated heterocycles. The molecular weight excluding hydrogens is 122 g/mol. The molecule has 0 fully saturated rings. The van der Waals surface area contributed by atoms with Crippen molar-refractivity contribution in [1.29, 1.82) is 0 Å². The van der Waals surface area contributed by atoms with Gasteiger partial charge in [0.15, 0.2) is 0 Å². The molecule has 0 saturated carbocycles. The zero-order valence-corrected chi connectivity index (χ0v) is 7.78. The monoisotopic (exact) mass is 143 g/mol. The molecule has 1 unspecified atom stereocenters. The first-order chi connectivity index (χ1) is 4.45. The van der Waals surface area contributed by atoms with Crippen LogP contribution in [0.4, 0.5) is 0 Å². The van der Waals surface area contributed by atoms with Gasteiger partial charge in [-0.15, -0.1) is 0 Å². The van der Waals surface area contributed by atoms with Gasteiger partial charge in [0.25, 0.3) is 0 Å². The second-order valence-electron chi connectivity index (χ2n) is 4.31. The zero-order chi connectivity index (χ0) is 8.20. The average Bonchev–Trinajstić information content (AvgIpc) is 1.59. The molecular formula is C9H21N. The van der Waals surface area contributed by atoms with Gasteiger partial charge in [-0.25, -0.2) is 0 Å². The van der Waals surface area contributed by atoms with Crippen LogP contribution in [0.5, 0.6) is 0 Å². The second kappa shape index (κ2) is 3.97. The fourth-order valence-corrected chi connectivity index (χ4v) is 1.26. The highest BCUT2D eigenvalue weighted by Crippen LogP contribution is 2.21. The lowest BCUT2D eigenvalue weighted by Crippen LogP contribution is -2.25. The molecule has 1 heteroatoms. The van der Waals surface area contributed by atoms with Crippen LogP contribution in [-0.4, -0.2) is 6.04 Å². The molecule has 2 N–H and O–H groups in total. The minimum absolute atomic E-state index is 0.397. The van der Waals surface area contributed by atoms with E-state index >= 15 is 0 Å². The molecule has 0 aliphatic heterocycles. The highest BCUT2D eigenvalue weighted by atomic mass is 14.6. The number of nitrogens with two attached hydrogens (primary N) is 1. The molecule has 0 aromatic heterocycles. The summed E-state index contributed by atoms with van der Waals surface area (Å²) in [4.78, 5) is 0. The third kappa shape index (κ3) is 6.09. The maximum atomic E-state index is 5.87. The summed E-state index contributed by atoms with van der Waals surface area (Å²) in [6.45, 7) is 8.90. The van der Waals surface area contributed by atoms with Crippen molar-refractivity contribution >= 4 is 0 Å². The summed E-state index contributed by atoms with van der Waals surface area (Å²) >= 11 is 0. The Labute approximate surface area is 65.0 Å². The maximum Gasteiger partial charge on any atom is 0.00437 e. The van der Waals surface area contributed by atoms with Gasteiger partial charge in [0, 0.05) is 6.04 Å². The highest BCUT2D eigenvalue weighted by Gasteiger charge is 2.14. The van der Waals surface area contributed by atoms with Gasteiger partial charge < -0.3 is 5.73 Å². The minimum Gasteiger partial charge on any atom is -0.328 e. The Balaban J connectivity index is 3.47. The van der Waals surface area contributed by atoms with Crippen LogP contribution in [0, 0.1) is 5.41 Å². The van der Waals surface area contributed by atoms with Crippen molar-refractivity contribution in [2.45, 2.75) is 53.0 Å². The first-order valence-electron chi connectivity index (χ1n) is 4.21. The zero-order valence-electron chi connectivity index (χ0n) is 7.78. The summed E-state index contributed by atoms with van der Waals surface area (Å²) in [5.41, 5.74) is 6.27. The van der Waals surface area contributed by atoms with Gasteiger partial charge in [-0.2, -0.15) is 0 Å². The molecule has 1 nitrogen and oxygen atoms in total. The van der Waals surface area contributed by atoms with Crippen LogP contribution in [-0.2, 0) is 0 Å². The molecule has 1 atom stereocenters. The lowest BCUT2D eigenvalue weighted by molar-refractivity contribution is 0.330. The Kier molecular flexibility index (Phi) is 3.95. The van der Waals surface area contributed by atoms with E-state index in [0.717, 1.165) is 12.8 Å². The molecule has 0 amide bonds. The quantitative estimate of drug-likeness (QED) is 0.645. The Morgan fingerprint density at radius 3 is 2.10 bits per heavy atom. The van der Waals surface area contributed by atoms with E-state index in [1.807, 2.05) is 0 Å². The lowest BCUT2D eigenvalue weighted by Gasteiger charge is -2.22. The number of hydrogen-bond acceptors (Lipinski definition) is 1. The van der Waals surface area contributed by atoms with Crippen molar-refractivity contribution in [1.82, 2.24) is 0 Å². The lowest BCUT2D eigenvalue weighted by atomic mass is 9.87. The first kappa shape index (κ1) is 9.96. The first-order valence-corrected chi connectivity index (χ1v) is 4.21. The number of hydrogen-bond donors (Lipinski definition) is 1. The van der Waals surface area contributed by atoms with Crippen LogP contribution in [0.2, 0.25) is 0 Å². The van der Waals surface area contributed by atoms with Gasteiger partial charge in [0.2, 0.25) is 0 Å². The van der Waals surface area contributed by atoms with E-state index in [9.17, 15) is 0 Å². The van der Waals surface area contributed by atoms with Gasteiger partial charge in [-0.3, -0.25) is 0 Å². The van der Waals surface area contributed by atoms with Crippen molar-refractivity contribution in [2.75, 3.05) is 0 Å². The van der Waals surface area contributed by atoms with Crippen LogP contribution in [0.15, 0.2) is 0 Å². The van der Waals surface area contributed by atoms with Crippen molar-refractivity contribution in [3.05, 3.63) is 0 Å². The molecule has 0 heterocycles. The summed E-state index contributed by atoms with van der Waals surface area (Å²) < 4.78 is 0. The van der Waals surface area contributed by atoms with E-state index in [4.69, 9.17) is 5.73 Å². The van der Waals surface area contributed by atoms with Gasteiger partial charge in [-0.05, 0) is 18.3 Å². The molecule has 0 radical (unpaired) electrons. The molecule has 10 heavy (non-hydrogen) atoms. The average molecular weight is 143 g/mol. The number of rotatable bonds is 3. The smallest absolute Gasteiger partial charge is 0.00437 e. The predicted molar refractivity (Wildman–Crippen MR) is 47.0 cm³/mol. The standard InChI is InChI=1S/C9H21N/c1-5-6-8(10)7-9(2,3)4/h8H,5-7,10H2,1-4H3. The van der Waals surface area contributed by atoms with E-state index < -0.39 is 0 Å². The van der Waals surface area contributed by atoms with Gasteiger partial charge in [-0.1, -0.05) is 34.1 Å². The van der Waals surface area contributed by atoms with Crippen LogP contribution >= 0.6 is 0 Å². The van der Waals surface area contributed by atoms with Crippen LogP contribution in [0.25, 0.3) is 0 Å². The normalized spacial score (nSPS) is 15.3. The maximum absolute atomic E-state index is 5.87. The van der Waals surface area contributed by atoms with Crippen molar-refractivity contribution in [3.8, 4) is 0 Å². The molecule has 0 spiro atoms. The molecule has 0 bridgehead atoms. The largest absolute Gasteiger partial charge is 0.328 e. The van der Waals surface area contributed by atoms with Crippen molar-refractivity contribution in [3.63, 3.8) is 0 Å². The van der Waals surface area contributed by atoms with Crippen LogP contribution in [0.3, 0.4) is 0 Å². The Morgan fingerprint density at radius 1 is 1.30 bits per heavy atom. The van der Waals surface area contributed by atoms with Gasteiger partial charge in [0.1, 0.15) is 0 Å². The van der Waals surface area contributed by atoms with Crippen LogP contribution in [0.1, 0.15) is 47.0 Å². The van der Waals surface area contributed by atoms with E-state index in [2.05, 4.69) is 27.7 Å². The molecule has 62 valence electrons. The third-order valence-electron chi connectivity index (χ3n) is 1.53. The van der Waals surface area contributed by atoms with E-state index in [1.54, 1.807) is 0 Å². The third-order valence-corrected chi connectivity index (χ3v) is 1.53. The van der Waals surface area contributed by atoms with Crippen LogP contribution < -0.4 is 5.73 Å². The minimum atomic E-state index is 0.397.